The van der Waals surface area contributed by atoms with Crippen molar-refractivity contribution in [3.63, 3.8) is 0 Å². The molecule has 2 fully saturated rings. The maximum Gasteiger partial charge on any atom is 0.410 e. The number of ether oxygens (including phenoxy) is 2. The van der Waals surface area contributed by atoms with E-state index < -0.39 is 5.60 Å². The van der Waals surface area contributed by atoms with E-state index in [-0.39, 0.29) is 17.8 Å². The number of rotatable bonds is 3. The number of hydrogen-bond donors (Lipinski definition) is 1. The van der Waals surface area contributed by atoms with Crippen molar-refractivity contribution in [2.24, 2.45) is 0 Å². The first-order valence-corrected chi connectivity index (χ1v) is 11.4. The predicted octanol–water partition coefficient (Wildman–Crippen LogP) is 2.99. The molecule has 2 aliphatic heterocycles. The highest BCUT2D eigenvalue weighted by atomic mass is 35.5. The predicted molar refractivity (Wildman–Crippen MR) is 120 cm³/mol. The van der Waals surface area contributed by atoms with Gasteiger partial charge in [0.05, 0.1) is 0 Å². The van der Waals surface area contributed by atoms with Crippen molar-refractivity contribution in [2.45, 2.75) is 59.2 Å². The van der Waals surface area contributed by atoms with E-state index in [0.717, 1.165) is 65.3 Å². The van der Waals surface area contributed by atoms with E-state index in [4.69, 9.17) is 21.1 Å². The van der Waals surface area contributed by atoms with Gasteiger partial charge in [0.1, 0.15) is 11.2 Å². The lowest BCUT2D eigenvalue weighted by molar-refractivity contribution is 0.0144. The SMILES string of the molecule is CC(C)(C)OC(=O)N1CCN(CCCCl)CC1.CC(C)(C)OC(=O)N1CCNCC1. The summed E-state index contributed by atoms with van der Waals surface area (Å²) < 4.78 is 10.6. The Hall–Kier alpha value is -1.25. The van der Waals surface area contributed by atoms with Gasteiger partial charge in [-0.3, -0.25) is 4.90 Å². The Morgan fingerprint density at radius 2 is 1.23 bits per heavy atom. The second-order valence-corrected chi connectivity index (χ2v) is 9.95. The van der Waals surface area contributed by atoms with Crippen LogP contribution in [0.15, 0.2) is 0 Å². The van der Waals surface area contributed by atoms with Crippen LogP contribution in [0.3, 0.4) is 0 Å². The minimum atomic E-state index is -0.410. The minimum Gasteiger partial charge on any atom is -0.444 e. The van der Waals surface area contributed by atoms with Crippen LogP contribution in [0, 0.1) is 0 Å². The van der Waals surface area contributed by atoms with Crippen molar-refractivity contribution in [1.82, 2.24) is 20.0 Å². The molecule has 9 heteroatoms. The first-order valence-electron chi connectivity index (χ1n) is 10.9. The molecule has 0 aliphatic carbocycles. The molecule has 0 unspecified atom stereocenters. The molecule has 2 heterocycles. The van der Waals surface area contributed by atoms with Crippen LogP contribution in [-0.4, -0.2) is 103 Å². The second-order valence-electron chi connectivity index (χ2n) is 9.57. The molecular weight excluding hydrogens is 408 g/mol. The zero-order valence-electron chi connectivity index (χ0n) is 19.6. The van der Waals surface area contributed by atoms with Crippen molar-refractivity contribution in [2.75, 3.05) is 64.8 Å². The number of hydrogen-bond acceptors (Lipinski definition) is 6. The topological polar surface area (TPSA) is 74.4 Å². The number of alkyl halides is 1. The Morgan fingerprint density at radius 3 is 1.63 bits per heavy atom. The lowest BCUT2D eigenvalue weighted by Gasteiger charge is -2.35. The fraction of sp³-hybridized carbons (Fsp3) is 0.905. The number of nitrogens with one attached hydrogen (secondary N) is 1. The Labute approximate surface area is 187 Å². The number of amides is 2. The number of carbonyl (C=O) groups excluding carboxylic acids is 2. The van der Waals surface area contributed by atoms with E-state index in [9.17, 15) is 9.59 Å². The average molecular weight is 449 g/mol. The van der Waals surface area contributed by atoms with Crippen LogP contribution < -0.4 is 5.32 Å². The first-order chi connectivity index (χ1) is 13.9. The van der Waals surface area contributed by atoms with Gasteiger partial charge in [-0.2, -0.15) is 0 Å². The van der Waals surface area contributed by atoms with Gasteiger partial charge >= 0.3 is 12.2 Å². The molecular formula is C21H41ClN4O4. The van der Waals surface area contributed by atoms with Crippen LogP contribution in [0.4, 0.5) is 9.59 Å². The fourth-order valence-electron chi connectivity index (χ4n) is 2.94. The quantitative estimate of drug-likeness (QED) is 0.669. The van der Waals surface area contributed by atoms with Crippen LogP contribution in [0.1, 0.15) is 48.0 Å². The van der Waals surface area contributed by atoms with Crippen LogP contribution >= 0.6 is 11.6 Å². The summed E-state index contributed by atoms with van der Waals surface area (Å²) in [6.45, 7) is 18.9. The molecule has 1 N–H and O–H groups in total. The first kappa shape index (κ1) is 26.8. The van der Waals surface area contributed by atoms with E-state index in [0.29, 0.717) is 5.88 Å². The van der Waals surface area contributed by atoms with Gasteiger partial charge < -0.3 is 24.6 Å². The standard InChI is InChI=1S/C12H23ClN2O2.C9H18N2O2/c1-12(2,3)17-11(16)15-9-7-14(8-10-15)6-4-5-13;1-9(2,3)13-8(12)11-6-4-10-5-7-11/h4-10H2,1-3H3;10H,4-7H2,1-3H3. The highest BCUT2D eigenvalue weighted by Crippen LogP contribution is 2.12. The molecule has 0 spiro atoms. The third-order valence-corrected chi connectivity index (χ3v) is 4.67. The number of nitrogens with zero attached hydrogens (tertiary/aromatic N) is 3. The van der Waals surface area contributed by atoms with Crippen LogP contribution in [0.2, 0.25) is 0 Å². The highest BCUT2D eigenvalue weighted by molar-refractivity contribution is 6.17. The Balaban J connectivity index is 0.000000311. The van der Waals surface area contributed by atoms with Gasteiger partial charge in [-0.05, 0) is 54.5 Å². The fourth-order valence-corrected chi connectivity index (χ4v) is 3.06. The monoisotopic (exact) mass is 448 g/mol. The lowest BCUT2D eigenvalue weighted by Crippen LogP contribution is -2.50. The van der Waals surface area contributed by atoms with Crippen molar-refractivity contribution < 1.29 is 19.1 Å². The van der Waals surface area contributed by atoms with Crippen molar-refractivity contribution in [3.8, 4) is 0 Å². The van der Waals surface area contributed by atoms with E-state index in [1.807, 2.05) is 41.5 Å². The van der Waals surface area contributed by atoms with Crippen molar-refractivity contribution in [3.05, 3.63) is 0 Å². The zero-order valence-corrected chi connectivity index (χ0v) is 20.4. The smallest absolute Gasteiger partial charge is 0.410 e. The van der Waals surface area contributed by atoms with E-state index >= 15 is 0 Å². The number of carbonyl (C=O) groups is 2. The Morgan fingerprint density at radius 1 is 0.800 bits per heavy atom. The van der Waals surface area contributed by atoms with Crippen LogP contribution in [0.25, 0.3) is 0 Å². The Bertz CT molecular complexity index is 520. The summed E-state index contributed by atoms with van der Waals surface area (Å²) in [7, 11) is 0. The molecule has 0 aromatic carbocycles. The van der Waals surface area contributed by atoms with Crippen LogP contribution in [0.5, 0.6) is 0 Å². The van der Waals surface area contributed by atoms with Gasteiger partial charge in [0.25, 0.3) is 0 Å². The molecule has 0 bridgehead atoms. The van der Waals surface area contributed by atoms with Gasteiger partial charge in [0.2, 0.25) is 0 Å². The molecule has 2 saturated heterocycles. The van der Waals surface area contributed by atoms with E-state index in [1.165, 1.54) is 0 Å². The summed E-state index contributed by atoms with van der Waals surface area (Å²) >= 11 is 5.66. The summed E-state index contributed by atoms with van der Waals surface area (Å²) in [5, 5.41) is 3.18. The number of piperazine rings is 2. The molecule has 8 nitrogen and oxygen atoms in total. The molecule has 0 atom stereocenters. The van der Waals surface area contributed by atoms with Gasteiger partial charge in [0.15, 0.2) is 0 Å². The van der Waals surface area contributed by atoms with Gasteiger partial charge in [-0.1, -0.05) is 0 Å². The second kappa shape index (κ2) is 12.6. The average Bonchev–Trinajstić information content (AvgIpc) is 2.65. The number of halogens is 1. The largest absolute Gasteiger partial charge is 0.444 e. The van der Waals surface area contributed by atoms with Crippen LogP contribution in [-0.2, 0) is 9.47 Å². The molecule has 2 aliphatic rings. The molecule has 0 aromatic heterocycles. The maximum atomic E-state index is 11.8. The molecule has 2 rings (SSSR count). The van der Waals surface area contributed by atoms with Gasteiger partial charge in [-0.15, -0.1) is 11.6 Å². The Kier molecular flexibility index (Phi) is 11.2. The molecule has 30 heavy (non-hydrogen) atoms. The molecule has 176 valence electrons. The summed E-state index contributed by atoms with van der Waals surface area (Å²) in [5.41, 5.74) is -0.797. The minimum absolute atomic E-state index is 0.200. The third-order valence-electron chi connectivity index (χ3n) is 4.40. The maximum absolute atomic E-state index is 11.8. The van der Waals surface area contributed by atoms with Crippen molar-refractivity contribution >= 4 is 23.8 Å². The van der Waals surface area contributed by atoms with Crippen molar-refractivity contribution in [1.29, 1.82) is 0 Å². The van der Waals surface area contributed by atoms with Gasteiger partial charge in [0, 0.05) is 58.2 Å². The summed E-state index contributed by atoms with van der Waals surface area (Å²) in [6.07, 6.45) is 0.608. The molecule has 0 aromatic rings. The highest BCUT2D eigenvalue weighted by Gasteiger charge is 2.25. The molecule has 0 saturated carbocycles. The lowest BCUT2D eigenvalue weighted by atomic mass is 10.2. The summed E-state index contributed by atoms with van der Waals surface area (Å²) in [4.78, 5) is 29.1. The molecule has 2 amide bonds. The zero-order chi connectivity index (χ0) is 22.8. The summed E-state index contributed by atoms with van der Waals surface area (Å²) in [5.74, 6) is 0.701. The van der Waals surface area contributed by atoms with Gasteiger partial charge in [-0.25, -0.2) is 9.59 Å². The van der Waals surface area contributed by atoms with E-state index in [1.54, 1.807) is 9.80 Å². The summed E-state index contributed by atoms with van der Waals surface area (Å²) in [6, 6.07) is 0. The third kappa shape index (κ3) is 11.8. The van der Waals surface area contributed by atoms with E-state index in [2.05, 4.69) is 10.2 Å². The normalized spacial score (nSPS) is 18.4. The molecule has 0 radical (unpaired) electrons.